The van der Waals surface area contributed by atoms with Gasteiger partial charge >= 0.3 is 0 Å². The average Bonchev–Trinajstić information content (AvgIpc) is 2.62. The van der Waals surface area contributed by atoms with Crippen LogP contribution in [0.3, 0.4) is 0 Å². The first-order chi connectivity index (χ1) is 12.7. The van der Waals surface area contributed by atoms with Crippen LogP contribution < -0.4 is 0 Å². The lowest BCUT2D eigenvalue weighted by Gasteiger charge is -2.39. The topological polar surface area (TPSA) is 54.5 Å². The predicted octanol–water partition coefficient (Wildman–Crippen LogP) is 3.93. The minimum absolute atomic E-state index is 0.172. The SMILES string of the molecule is Cc1ccc(S(=O)(=O)N2CCC(C(=O)Cl)(c3ccc(F)cc3C)CC2)cc1. The van der Waals surface area contributed by atoms with Gasteiger partial charge in [-0.3, -0.25) is 4.79 Å². The molecule has 2 aromatic carbocycles. The highest BCUT2D eigenvalue weighted by Crippen LogP contribution is 2.40. The van der Waals surface area contributed by atoms with Gasteiger partial charge in [0, 0.05) is 13.1 Å². The van der Waals surface area contributed by atoms with Crippen LogP contribution in [0.4, 0.5) is 4.39 Å². The van der Waals surface area contributed by atoms with Gasteiger partial charge in [0.05, 0.1) is 10.3 Å². The van der Waals surface area contributed by atoms with Crippen molar-refractivity contribution in [2.24, 2.45) is 0 Å². The van der Waals surface area contributed by atoms with E-state index in [0.29, 0.717) is 11.1 Å². The Hall–Kier alpha value is -1.76. The summed E-state index contributed by atoms with van der Waals surface area (Å²) in [5, 5.41) is -0.537. The Morgan fingerprint density at radius 2 is 1.67 bits per heavy atom. The maximum Gasteiger partial charge on any atom is 0.243 e. The van der Waals surface area contributed by atoms with Gasteiger partial charge < -0.3 is 0 Å². The van der Waals surface area contributed by atoms with Crippen LogP contribution in [-0.4, -0.2) is 31.1 Å². The maximum atomic E-state index is 13.5. The van der Waals surface area contributed by atoms with Crippen molar-refractivity contribution in [2.75, 3.05) is 13.1 Å². The molecule has 144 valence electrons. The molecule has 7 heteroatoms. The van der Waals surface area contributed by atoms with E-state index in [-0.39, 0.29) is 36.6 Å². The Labute approximate surface area is 164 Å². The Morgan fingerprint density at radius 1 is 1.07 bits per heavy atom. The number of aryl methyl sites for hydroxylation is 2. The summed E-state index contributed by atoms with van der Waals surface area (Å²) in [7, 11) is -3.63. The molecule has 0 aromatic heterocycles. The normalized spacial score (nSPS) is 17.6. The molecule has 1 heterocycles. The van der Waals surface area contributed by atoms with Gasteiger partial charge in [0.25, 0.3) is 0 Å². The summed E-state index contributed by atoms with van der Waals surface area (Å²) >= 11 is 5.96. The third kappa shape index (κ3) is 3.66. The van der Waals surface area contributed by atoms with Crippen molar-refractivity contribution in [2.45, 2.75) is 37.0 Å². The predicted molar refractivity (Wildman–Crippen MR) is 103 cm³/mol. The fourth-order valence-electron chi connectivity index (χ4n) is 3.70. The lowest BCUT2D eigenvalue weighted by molar-refractivity contribution is -0.118. The smallest absolute Gasteiger partial charge is 0.243 e. The molecule has 0 aliphatic carbocycles. The molecule has 0 atom stereocenters. The van der Waals surface area contributed by atoms with Gasteiger partial charge in [0.2, 0.25) is 15.3 Å². The van der Waals surface area contributed by atoms with E-state index in [1.807, 2.05) is 6.92 Å². The third-order valence-corrected chi connectivity index (χ3v) is 7.59. The largest absolute Gasteiger partial charge is 0.280 e. The Balaban J connectivity index is 1.89. The highest BCUT2D eigenvalue weighted by atomic mass is 35.5. The van der Waals surface area contributed by atoms with Crippen LogP contribution >= 0.6 is 11.6 Å². The number of nitrogens with zero attached hydrogens (tertiary/aromatic N) is 1. The fraction of sp³-hybridized carbons (Fsp3) is 0.350. The van der Waals surface area contributed by atoms with E-state index in [1.54, 1.807) is 37.3 Å². The molecule has 1 saturated heterocycles. The molecule has 2 aromatic rings. The van der Waals surface area contributed by atoms with Crippen LogP contribution in [0.2, 0.25) is 0 Å². The zero-order valence-electron chi connectivity index (χ0n) is 15.2. The first kappa shape index (κ1) is 20.0. The van der Waals surface area contributed by atoms with E-state index in [2.05, 4.69) is 0 Å². The maximum absolute atomic E-state index is 13.5. The Kier molecular flexibility index (Phi) is 5.43. The van der Waals surface area contributed by atoms with Crippen LogP contribution in [0.15, 0.2) is 47.4 Å². The van der Waals surface area contributed by atoms with Crippen molar-refractivity contribution in [3.05, 3.63) is 65.0 Å². The van der Waals surface area contributed by atoms with E-state index >= 15 is 0 Å². The highest BCUT2D eigenvalue weighted by molar-refractivity contribution is 7.89. The Bertz CT molecular complexity index is 965. The third-order valence-electron chi connectivity index (χ3n) is 5.31. The number of benzene rings is 2. The van der Waals surface area contributed by atoms with Crippen LogP contribution in [0.1, 0.15) is 29.5 Å². The summed E-state index contributed by atoms with van der Waals surface area (Å²) in [5.41, 5.74) is 1.28. The highest BCUT2D eigenvalue weighted by Gasteiger charge is 2.45. The number of halogens is 2. The van der Waals surface area contributed by atoms with Gasteiger partial charge in [-0.15, -0.1) is 0 Å². The molecule has 4 nitrogen and oxygen atoms in total. The Morgan fingerprint density at radius 3 is 2.19 bits per heavy atom. The second-order valence-corrected chi connectivity index (χ2v) is 9.31. The first-order valence-electron chi connectivity index (χ1n) is 8.70. The van der Waals surface area contributed by atoms with E-state index in [0.717, 1.165) is 5.56 Å². The van der Waals surface area contributed by atoms with E-state index < -0.39 is 20.7 Å². The van der Waals surface area contributed by atoms with E-state index in [9.17, 15) is 17.6 Å². The van der Waals surface area contributed by atoms with Crippen LogP contribution in [0.5, 0.6) is 0 Å². The minimum Gasteiger partial charge on any atom is -0.280 e. The molecule has 1 fully saturated rings. The molecule has 3 rings (SSSR count). The van der Waals surface area contributed by atoms with E-state index in [1.165, 1.54) is 16.4 Å². The molecule has 0 unspecified atom stereocenters. The van der Waals surface area contributed by atoms with Crippen molar-refractivity contribution >= 4 is 26.9 Å². The van der Waals surface area contributed by atoms with Gasteiger partial charge in [-0.25, -0.2) is 12.8 Å². The number of sulfonamides is 1. The molecule has 0 spiro atoms. The van der Waals surface area contributed by atoms with Crippen molar-refractivity contribution in [1.82, 2.24) is 4.31 Å². The molecule has 0 amide bonds. The number of hydrogen-bond donors (Lipinski definition) is 0. The second-order valence-electron chi connectivity index (χ2n) is 7.03. The molecular formula is C20H21ClFNO3S. The molecule has 1 aliphatic heterocycles. The van der Waals surface area contributed by atoms with Crippen LogP contribution in [0.25, 0.3) is 0 Å². The quantitative estimate of drug-likeness (QED) is 0.719. The van der Waals surface area contributed by atoms with Crippen molar-refractivity contribution in [3.63, 3.8) is 0 Å². The van der Waals surface area contributed by atoms with Crippen molar-refractivity contribution in [3.8, 4) is 0 Å². The number of rotatable bonds is 4. The molecule has 27 heavy (non-hydrogen) atoms. The number of carbonyl (C=O) groups excluding carboxylic acids is 1. The second kappa shape index (κ2) is 7.34. The van der Waals surface area contributed by atoms with Gasteiger partial charge in [0.15, 0.2) is 0 Å². The van der Waals surface area contributed by atoms with E-state index in [4.69, 9.17) is 11.6 Å². The average molecular weight is 410 g/mol. The summed E-state index contributed by atoms with van der Waals surface area (Å²) in [5.74, 6) is -0.382. The standard InChI is InChI=1S/C20H21ClFNO3S/c1-14-3-6-17(7-4-14)27(25,26)23-11-9-20(10-12-23,19(21)24)18-8-5-16(22)13-15(18)2/h3-8,13H,9-12H2,1-2H3. The number of carbonyl (C=O) groups is 1. The summed E-state index contributed by atoms with van der Waals surface area (Å²) in [6, 6.07) is 10.9. The molecule has 0 saturated carbocycles. The molecule has 1 aliphatic rings. The van der Waals surface area contributed by atoms with Gasteiger partial charge in [0.1, 0.15) is 5.82 Å². The van der Waals surface area contributed by atoms with Gasteiger partial charge in [-0.05, 0) is 73.7 Å². The summed E-state index contributed by atoms with van der Waals surface area (Å²) < 4.78 is 40.6. The molecular weight excluding hydrogens is 389 g/mol. The minimum atomic E-state index is -3.63. The van der Waals surface area contributed by atoms with Crippen LogP contribution in [0, 0.1) is 19.7 Å². The molecule has 0 bridgehead atoms. The fourth-order valence-corrected chi connectivity index (χ4v) is 5.44. The van der Waals surface area contributed by atoms with Gasteiger partial charge in [-0.2, -0.15) is 4.31 Å². The monoisotopic (exact) mass is 409 g/mol. The molecule has 0 N–H and O–H groups in total. The lowest BCUT2D eigenvalue weighted by atomic mass is 9.72. The lowest BCUT2D eigenvalue weighted by Crippen LogP contribution is -2.48. The van der Waals surface area contributed by atoms with Crippen molar-refractivity contribution in [1.29, 1.82) is 0 Å². The zero-order valence-corrected chi connectivity index (χ0v) is 16.8. The van der Waals surface area contributed by atoms with Gasteiger partial charge in [-0.1, -0.05) is 23.8 Å². The summed E-state index contributed by atoms with van der Waals surface area (Å²) in [6.45, 7) is 3.97. The molecule has 0 radical (unpaired) electrons. The van der Waals surface area contributed by atoms with Crippen molar-refractivity contribution < 1.29 is 17.6 Å². The number of piperidine rings is 1. The van der Waals surface area contributed by atoms with Crippen LogP contribution in [-0.2, 0) is 20.2 Å². The summed E-state index contributed by atoms with van der Waals surface area (Å²) in [4.78, 5) is 12.6. The first-order valence-corrected chi connectivity index (χ1v) is 10.5. The zero-order chi connectivity index (χ0) is 19.8. The number of hydrogen-bond acceptors (Lipinski definition) is 3. The summed E-state index contributed by atoms with van der Waals surface area (Å²) in [6.07, 6.45) is 0.514.